The first-order valence-electron chi connectivity index (χ1n) is 4.55. The summed E-state index contributed by atoms with van der Waals surface area (Å²) in [5, 5.41) is 4.42. The monoisotopic (exact) mass is 240 g/mol. The highest BCUT2D eigenvalue weighted by Crippen LogP contribution is 2.27. The van der Waals surface area contributed by atoms with Crippen LogP contribution in [0.1, 0.15) is 0 Å². The van der Waals surface area contributed by atoms with Gasteiger partial charge in [0.15, 0.2) is 0 Å². The number of anilines is 2. The van der Waals surface area contributed by atoms with E-state index < -0.39 is 0 Å². The summed E-state index contributed by atoms with van der Waals surface area (Å²) >= 11 is 3.47. The molecular weight excluding hydrogens is 228 g/mol. The number of rotatable bonds is 2. The second-order valence-electron chi connectivity index (χ2n) is 3.12. The van der Waals surface area contributed by atoms with E-state index in [1.165, 1.54) is 11.4 Å². The van der Waals surface area contributed by atoms with Crippen LogP contribution in [0.4, 0.5) is 11.4 Å². The smallest absolute Gasteiger partial charge is 0.0602 e. The molecule has 1 N–H and O–H groups in total. The largest absolute Gasteiger partial charge is 0.382 e. The molecule has 0 bridgehead atoms. The van der Waals surface area contributed by atoms with E-state index in [0.29, 0.717) is 0 Å². The van der Waals surface area contributed by atoms with Crippen LogP contribution in [0.5, 0.6) is 0 Å². The number of fused-ring (bicyclic) bond motifs is 1. The van der Waals surface area contributed by atoms with Crippen LogP contribution in [0.15, 0.2) is 24.3 Å². The molecule has 1 heterocycles. The SMILES string of the molecule is BrCCN1CCNc2ccccc21. The zero-order valence-corrected chi connectivity index (χ0v) is 9.05. The Bertz CT molecular complexity index is 288. The van der Waals surface area contributed by atoms with Crippen LogP contribution in [0.25, 0.3) is 0 Å². The van der Waals surface area contributed by atoms with Crippen LogP contribution in [0.3, 0.4) is 0 Å². The van der Waals surface area contributed by atoms with Gasteiger partial charge < -0.3 is 10.2 Å². The number of nitrogens with zero attached hydrogens (tertiary/aromatic N) is 1. The quantitative estimate of drug-likeness (QED) is 0.799. The maximum atomic E-state index is 3.47. The molecule has 0 saturated heterocycles. The average molecular weight is 241 g/mol. The Morgan fingerprint density at radius 1 is 1.38 bits per heavy atom. The van der Waals surface area contributed by atoms with Crippen molar-refractivity contribution >= 4 is 27.3 Å². The van der Waals surface area contributed by atoms with Gasteiger partial charge in [-0.05, 0) is 12.1 Å². The fourth-order valence-electron chi connectivity index (χ4n) is 1.68. The molecule has 0 unspecified atom stereocenters. The summed E-state index contributed by atoms with van der Waals surface area (Å²) < 4.78 is 0. The van der Waals surface area contributed by atoms with Crippen LogP contribution < -0.4 is 10.2 Å². The third-order valence-electron chi connectivity index (χ3n) is 2.30. The van der Waals surface area contributed by atoms with E-state index in [1.807, 2.05) is 0 Å². The fraction of sp³-hybridized carbons (Fsp3) is 0.400. The normalized spacial score (nSPS) is 15.0. The van der Waals surface area contributed by atoms with Crippen molar-refractivity contribution in [3.8, 4) is 0 Å². The molecule has 1 aliphatic heterocycles. The molecule has 3 heteroatoms. The lowest BCUT2D eigenvalue weighted by atomic mass is 10.2. The van der Waals surface area contributed by atoms with Gasteiger partial charge in [0, 0.05) is 25.0 Å². The van der Waals surface area contributed by atoms with Crippen molar-refractivity contribution in [2.24, 2.45) is 0 Å². The minimum Gasteiger partial charge on any atom is -0.382 e. The molecule has 0 fully saturated rings. The second-order valence-corrected chi connectivity index (χ2v) is 3.91. The molecular formula is C10H13BrN2. The summed E-state index contributed by atoms with van der Waals surface area (Å²) in [7, 11) is 0. The van der Waals surface area contributed by atoms with E-state index >= 15 is 0 Å². The third kappa shape index (κ3) is 1.80. The van der Waals surface area contributed by atoms with E-state index in [1.54, 1.807) is 0 Å². The fourth-order valence-corrected chi connectivity index (χ4v) is 2.11. The first-order valence-corrected chi connectivity index (χ1v) is 5.68. The predicted molar refractivity (Wildman–Crippen MR) is 60.9 cm³/mol. The van der Waals surface area contributed by atoms with Gasteiger partial charge in [0.1, 0.15) is 0 Å². The number of nitrogens with one attached hydrogen (secondary N) is 1. The van der Waals surface area contributed by atoms with Gasteiger partial charge in [-0.25, -0.2) is 0 Å². The highest BCUT2D eigenvalue weighted by molar-refractivity contribution is 9.09. The molecule has 70 valence electrons. The summed E-state index contributed by atoms with van der Waals surface area (Å²) in [5.74, 6) is 0. The van der Waals surface area contributed by atoms with Gasteiger partial charge in [-0.1, -0.05) is 28.1 Å². The zero-order valence-electron chi connectivity index (χ0n) is 7.46. The minimum absolute atomic E-state index is 1.03. The van der Waals surface area contributed by atoms with E-state index in [9.17, 15) is 0 Å². The highest BCUT2D eigenvalue weighted by Gasteiger charge is 2.13. The van der Waals surface area contributed by atoms with E-state index in [4.69, 9.17) is 0 Å². The topological polar surface area (TPSA) is 15.3 Å². The number of benzene rings is 1. The molecule has 0 spiro atoms. The molecule has 0 amide bonds. The number of alkyl halides is 1. The van der Waals surface area contributed by atoms with Gasteiger partial charge in [0.2, 0.25) is 0 Å². The second kappa shape index (κ2) is 4.01. The molecule has 1 aromatic carbocycles. The summed E-state index contributed by atoms with van der Waals surface area (Å²) in [6, 6.07) is 8.47. The predicted octanol–water partition coefficient (Wildman–Crippen LogP) is 2.31. The first kappa shape index (κ1) is 8.88. The Morgan fingerprint density at radius 2 is 2.23 bits per heavy atom. The molecule has 13 heavy (non-hydrogen) atoms. The highest BCUT2D eigenvalue weighted by atomic mass is 79.9. The van der Waals surface area contributed by atoms with Crippen LogP contribution in [-0.4, -0.2) is 25.0 Å². The Morgan fingerprint density at radius 3 is 3.08 bits per heavy atom. The molecule has 2 rings (SSSR count). The van der Waals surface area contributed by atoms with Gasteiger partial charge in [-0.3, -0.25) is 0 Å². The van der Waals surface area contributed by atoms with E-state index in [0.717, 1.165) is 25.0 Å². The standard InChI is InChI=1S/C10H13BrN2/c11-5-7-13-8-6-12-9-3-1-2-4-10(9)13/h1-4,12H,5-8H2. The summed E-state index contributed by atoms with van der Waals surface area (Å²) in [4.78, 5) is 2.40. The van der Waals surface area contributed by atoms with Gasteiger partial charge in [-0.15, -0.1) is 0 Å². The molecule has 0 aliphatic carbocycles. The van der Waals surface area contributed by atoms with Gasteiger partial charge in [0.25, 0.3) is 0 Å². The number of hydrogen-bond donors (Lipinski definition) is 1. The Hall–Kier alpha value is -0.700. The molecule has 2 nitrogen and oxygen atoms in total. The maximum Gasteiger partial charge on any atom is 0.0602 e. The van der Waals surface area contributed by atoms with E-state index in [-0.39, 0.29) is 0 Å². The molecule has 0 aromatic heterocycles. The summed E-state index contributed by atoms with van der Waals surface area (Å²) in [6.07, 6.45) is 0. The van der Waals surface area contributed by atoms with Crippen molar-refractivity contribution in [3.05, 3.63) is 24.3 Å². The van der Waals surface area contributed by atoms with Gasteiger partial charge >= 0.3 is 0 Å². The maximum absolute atomic E-state index is 3.47. The van der Waals surface area contributed by atoms with Crippen LogP contribution in [0, 0.1) is 0 Å². The number of halogens is 1. The van der Waals surface area contributed by atoms with Crippen LogP contribution in [-0.2, 0) is 0 Å². The van der Waals surface area contributed by atoms with Crippen LogP contribution >= 0.6 is 15.9 Å². The van der Waals surface area contributed by atoms with Crippen molar-refractivity contribution in [2.45, 2.75) is 0 Å². The summed E-state index contributed by atoms with van der Waals surface area (Å²) in [6.45, 7) is 3.23. The van der Waals surface area contributed by atoms with E-state index in [2.05, 4.69) is 50.4 Å². The number of hydrogen-bond acceptors (Lipinski definition) is 2. The lowest BCUT2D eigenvalue weighted by Gasteiger charge is -2.31. The minimum atomic E-state index is 1.03. The first-order chi connectivity index (χ1) is 6.42. The Balaban J connectivity index is 2.26. The van der Waals surface area contributed by atoms with Gasteiger partial charge in [-0.2, -0.15) is 0 Å². The van der Waals surface area contributed by atoms with Crippen molar-refractivity contribution in [1.82, 2.24) is 0 Å². The van der Waals surface area contributed by atoms with Crippen molar-refractivity contribution in [1.29, 1.82) is 0 Å². The molecule has 1 aliphatic rings. The lowest BCUT2D eigenvalue weighted by molar-refractivity contribution is 0.821. The molecule has 1 aromatic rings. The molecule has 0 radical (unpaired) electrons. The summed E-state index contributed by atoms with van der Waals surface area (Å²) in [5.41, 5.74) is 2.59. The van der Waals surface area contributed by atoms with Crippen molar-refractivity contribution < 1.29 is 0 Å². The zero-order chi connectivity index (χ0) is 9.10. The van der Waals surface area contributed by atoms with Gasteiger partial charge in [0.05, 0.1) is 11.4 Å². The lowest BCUT2D eigenvalue weighted by Crippen LogP contribution is -2.35. The Kier molecular flexibility index (Phi) is 2.74. The van der Waals surface area contributed by atoms with Crippen molar-refractivity contribution in [3.63, 3.8) is 0 Å². The van der Waals surface area contributed by atoms with Crippen LogP contribution in [0.2, 0.25) is 0 Å². The Labute approximate surface area is 87.1 Å². The number of para-hydroxylation sites is 2. The molecule has 0 atom stereocenters. The average Bonchev–Trinajstić information content (AvgIpc) is 2.19. The van der Waals surface area contributed by atoms with Crippen molar-refractivity contribution in [2.75, 3.05) is 35.2 Å². The third-order valence-corrected chi connectivity index (χ3v) is 2.65. The molecule has 0 saturated carbocycles.